The number of rotatable bonds is 10. The van der Waals surface area contributed by atoms with Gasteiger partial charge in [0.15, 0.2) is 0 Å². The zero-order chi connectivity index (χ0) is 24.7. The third-order valence-corrected chi connectivity index (χ3v) is 6.18. The fraction of sp³-hybridized carbons (Fsp3) is 0.481. The smallest absolute Gasteiger partial charge is 0.228 e. The van der Waals surface area contributed by atoms with Gasteiger partial charge in [0.2, 0.25) is 11.8 Å². The van der Waals surface area contributed by atoms with Crippen molar-refractivity contribution >= 4 is 17.5 Å². The average molecular weight is 469 g/mol. The normalized spacial score (nSPS) is 18.2. The first-order valence-electron chi connectivity index (χ1n) is 11.8. The first-order chi connectivity index (χ1) is 16.4. The lowest BCUT2D eigenvalue weighted by Gasteiger charge is -2.42. The van der Waals surface area contributed by atoms with Crippen LogP contribution in [-0.2, 0) is 14.3 Å². The van der Waals surface area contributed by atoms with E-state index < -0.39 is 6.04 Å². The van der Waals surface area contributed by atoms with Crippen LogP contribution in [0.25, 0.3) is 0 Å². The first-order valence-corrected chi connectivity index (χ1v) is 11.8. The quantitative estimate of drug-likeness (QED) is 0.520. The number of hydrogen-bond acceptors (Lipinski definition) is 5. The number of carbonyl (C=O) groups excluding carboxylic acids is 2. The molecular weight excluding hydrogens is 432 g/mol. The van der Waals surface area contributed by atoms with E-state index in [-0.39, 0.29) is 17.7 Å². The number of carbonyl (C=O) groups is 2. The number of piperidine rings is 1. The monoisotopic (exact) mass is 468 g/mol. The summed E-state index contributed by atoms with van der Waals surface area (Å²) in [6, 6.07) is 14.6. The second-order valence-electron chi connectivity index (χ2n) is 9.00. The van der Waals surface area contributed by atoms with Crippen molar-refractivity contribution in [1.29, 1.82) is 0 Å². The van der Waals surface area contributed by atoms with Crippen LogP contribution in [0.3, 0.4) is 0 Å². The molecule has 0 saturated carbocycles. The van der Waals surface area contributed by atoms with E-state index in [4.69, 9.17) is 14.2 Å². The Hall–Kier alpha value is -3.06. The fourth-order valence-electron chi connectivity index (χ4n) is 4.55. The van der Waals surface area contributed by atoms with Crippen molar-refractivity contribution in [1.82, 2.24) is 4.90 Å². The van der Waals surface area contributed by atoms with E-state index in [9.17, 15) is 9.59 Å². The van der Waals surface area contributed by atoms with Crippen molar-refractivity contribution in [3.8, 4) is 11.5 Å². The molecule has 2 atom stereocenters. The minimum atomic E-state index is -0.426. The summed E-state index contributed by atoms with van der Waals surface area (Å²) >= 11 is 0. The van der Waals surface area contributed by atoms with Gasteiger partial charge in [-0.2, -0.15) is 0 Å². The molecule has 7 heteroatoms. The highest BCUT2D eigenvalue weighted by Crippen LogP contribution is 2.41. The van der Waals surface area contributed by atoms with Gasteiger partial charge in [-0.3, -0.25) is 9.59 Å². The highest BCUT2D eigenvalue weighted by molar-refractivity contribution is 5.97. The van der Waals surface area contributed by atoms with E-state index in [0.29, 0.717) is 44.2 Å². The second kappa shape index (κ2) is 11.9. The third kappa shape index (κ3) is 5.89. The highest BCUT2D eigenvalue weighted by Gasteiger charge is 2.43. The second-order valence-corrected chi connectivity index (χ2v) is 9.00. The Morgan fingerprint density at radius 3 is 2.12 bits per heavy atom. The lowest BCUT2D eigenvalue weighted by atomic mass is 9.82. The van der Waals surface area contributed by atoms with Gasteiger partial charge >= 0.3 is 0 Å². The molecule has 1 heterocycles. The third-order valence-electron chi connectivity index (χ3n) is 6.18. The van der Waals surface area contributed by atoms with Crippen molar-refractivity contribution in [2.24, 2.45) is 11.8 Å². The molecule has 3 rings (SSSR count). The van der Waals surface area contributed by atoms with Crippen molar-refractivity contribution in [2.45, 2.75) is 32.7 Å². The van der Waals surface area contributed by atoms with E-state index in [0.717, 1.165) is 17.0 Å². The molecule has 34 heavy (non-hydrogen) atoms. The first kappa shape index (κ1) is 25.6. The van der Waals surface area contributed by atoms with Gasteiger partial charge in [-0.05, 0) is 54.3 Å². The van der Waals surface area contributed by atoms with Crippen molar-refractivity contribution in [2.75, 3.05) is 45.9 Å². The molecule has 0 aliphatic carbocycles. The Kier molecular flexibility index (Phi) is 8.93. The summed E-state index contributed by atoms with van der Waals surface area (Å²) in [5.74, 6) is 1.45. The van der Waals surface area contributed by atoms with Gasteiger partial charge in [0.05, 0.1) is 32.8 Å². The van der Waals surface area contributed by atoms with Crippen molar-refractivity contribution in [3.05, 3.63) is 54.1 Å². The summed E-state index contributed by atoms with van der Waals surface area (Å²) in [7, 11) is 4.87. The van der Waals surface area contributed by atoms with Crippen LogP contribution >= 0.6 is 0 Å². The molecule has 2 aromatic rings. The summed E-state index contributed by atoms with van der Waals surface area (Å²) in [5, 5.41) is 0. The van der Waals surface area contributed by atoms with E-state index in [2.05, 4.69) is 13.8 Å². The molecule has 0 spiro atoms. The zero-order valence-electron chi connectivity index (χ0n) is 20.8. The molecule has 184 valence electrons. The molecule has 0 N–H and O–H groups in total. The molecule has 0 radical (unpaired) electrons. The van der Waals surface area contributed by atoms with Crippen LogP contribution in [0.5, 0.6) is 11.5 Å². The SMILES string of the molecule is COCCN(CC(C)C)C(=O)C1CCC(=O)N(c2ccc(OC)cc2)C1c1ccc(OC)cc1. The Morgan fingerprint density at radius 2 is 1.59 bits per heavy atom. The number of anilines is 1. The van der Waals surface area contributed by atoms with Gasteiger partial charge in [-0.25, -0.2) is 0 Å². The number of methoxy groups -OCH3 is 3. The molecule has 2 aromatic carbocycles. The molecule has 1 aliphatic heterocycles. The van der Waals surface area contributed by atoms with Crippen LogP contribution in [0.4, 0.5) is 5.69 Å². The molecule has 2 amide bonds. The topological polar surface area (TPSA) is 68.3 Å². The number of amides is 2. The lowest BCUT2D eigenvalue weighted by Crippen LogP contribution is -2.50. The summed E-state index contributed by atoms with van der Waals surface area (Å²) < 4.78 is 15.9. The maximum atomic E-state index is 13.9. The molecule has 0 aromatic heterocycles. The number of nitrogens with zero attached hydrogens (tertiary/aromatic N) is 2. The van der Waals surface area contributed by atoms with Crippen LogP contribution in [0, 0.1) is 11.8 Å². The van der Waals surface area contributed by atoms with Gasteiger partial charge in [-0.15, -0.1) is 0 Å². The van der Waals surface area contributed by atoms with Crippen LogP contribution in [0.15, 0.2) is 48.5 Å². The van der Waals surface area contributed by atoms with Gasteiger partial charge < -0.3 is 24.0 Å². The van der Waals surface area contributed by atoms with Crippen molar-refractivity contribution in [3.63, 3.8) is 0 Å². The molecule has 1 fully saturated rings. The Labute approximate surface area is 202 Å². The summed E-state index contributed by atoms with van der Waals surface area (Å²) in [4.78, 5) is 30.8. The van der Waals surface area contributed by atoms with Crippen LogP contribution in [0.2, 0.25) is 0 Å². The minimum Gasteiger partial charge on any atom is -0.497 e. The van der Waals surface area contributed by atoms with Crippen LogP contribution < -0.4 is 14.4 Å². The molecule has 2 unspecified atom stereocenters. The van der Waals surface area contributed by atoms with Gasteiger partial charge in [0.1, 0.15) is 11.5 Å². The van der Waals surface area contributed by atoms with Crippen LogP contribution in [0.1, 0.15) is 38.3 Å². The zero-order valence-corrected chi connectivity index (χ0v) is 20.8. The predicted octanol–water partition coefficient (Wildman–Crippen LogP) is 4.32. The summed E-state index contributed by atoms with van der Waals surface area (Å²) in [6.45, 7) is 5.84. The Morgan fingerprint density at radius 1 is 1.00 bits per heavy atom. The molecule has 0 bridgehead atoms. The summed E-state index contributed by atoms with van der Waals surface area (Å²) in [5.41, 5.74) is 1.65. The van der Waals surface area contributed by atoms with Gasteiger partial charge in [0.25, 0.3) is 0 Å². The van der Waals surface area contributed by atoms with E-state index in [1.165, 1.54) is 0 Å². The predicted molar refractivity (Wildman–Crippen MR) is 132 cm³/mol. The highest BCUT2D eigenvalue weighted by atomic mass is 16.5. The Balaban J connectivity index is 2.04. The maximum absolute atomic E-state index is 13.9. The number of ether oxygens (including phenoxy) is 3. The van der Waals surface area contributed by atoms with Gasteiger partial charge in [-0.1, -0.05) is 26.0 Å². The average Bonchev–Trinajstić information content (AvgIpc) is 2.86. The molecule has 7 nitrogen and oxygen atoms in total. The molecule has 1 saturated heterocycles. The Bertz CT molecular complexity index is 942. The van der Waals surface area contributed by atoms with Gasteiger partial charge in [0, 0.05) is 32.3 Å². The summed E-state index contributed by atoms with van der Waals surface area (Å²) in [6.07, 6.45) is 0.817. The standard InChI is InChI=1S/C27H36N2O5/c1-19(2)18-28(16-17-32-3)27(31)24-14-15-25(30)29(21-8-12-23(34-5)13-9-21)26(24)20-6-10-22(33-4)11-7-20/h6-13,19,24,26H,14-18H2,1-5H3. The van der Waals surface area contributed by atoms with Crippen LogP contribution in [-0.4, -0.2) is 57.7 Å². The van der Waals surface area contributed by atoms with E-state index in [1.807, 2.05) is 53.4 Å². The van der Waals surface area contributed by atoms with Crippen molar-refractivity contribution < 1.29 is 23.8 Å². The largest absolute Gasteiger partial charge is 0.497 e. The lowest BCUT2D eigenvalue weighted by molar-refractivity contribution is -0.139. The minimum absolute atomic E-state index is 0.00216. The fourth-order valence-corrected chi connectivity index (χ4v) is 4.55. The maximum Gasteiger partial charge on any atom is 0.228 e. The molecular formula is C27H36N2O5. The van der Waals surface area contributed by atoms with E-state index in [1.54, 1.807) is 26.2 Å². The number of benzene rings is 2. The number of hydrogen-bond donors (Lipinski definition) is 0. The van der Waals surface area contributed by atoms with E-state index >= 15 is 0 Å². The molecule has 1 aliphatic rings.